The average molecular weight is 244 g/mol. The van der Waals surface area contributed by atoms with E-state index in [1.807, 2.05) is 12.1 Å². The van der Waals surface area contributed by atoms with Crippen LogP contribution in [-0.4, -0.2) is 31.3 Å². The fourth-order valence-corrected chi connectivity index (χ4v) is 2.75. The molecule has 4 heteroatoms. The van der Waals surface area contributed by atoms with Crippen molar-refractivity contribution in [1.82, 2.24) is 5.32 Å². The first-order valence-electron chi connectivity index (χ1n) is 6.43. The van der Waals surface area contributed by atoms with Gasteiger partial charge in [-0.25, -0.2) is 0 Å². The number of carbonyl (C=O) groups is 2. The summed E-state index contributed by atoms with van der Waals surface area (Å²) < 4.78 is 0. The van der Waals surface area contributed by atoms with E-state index in [2.05, 4.69) is 5.32 Å². The molecule has 1 amide bonds. The smallest absolute Gasteiger partial charge is 0.299 e. The number of rotatable bonds is 2. The van der Waals surface area contributed by atoms with E-state index in [1.54, 1.807) is 17.0 Å². The zero-order valence-corrected chi connectivity index (χ0v) is 10.2. The predicted octanol–water partition coefficient (Wildman–Crippen LogP) is 1.22. The summed E-state index contributed by atoms with van der Waals surface area (Å²) in [6.45, 7) is 2.67. The van der Waals surface area contributed by atoms with Crippen LogP contribution in [0.4, 0.5) is 5.69 Å². The number of nitrogens with one attached hydrogen (secondary N) is 1. The molecular formula is C14H16N2O2. The van der Waals surface area contributed by atoms with Crippen LogP contribution in [0.1, 0.15) is 23.2 Å². The Hall–Kier alpha value is -1.68. The van der Waals surface area contributed by atoms with Crippen molar-refractivity contribution >= 4 is 17.4 Å². The summed E-state index contributed by atoms with van der Waals surface area (Å²) in [5, 5.41) is 3.31. The molecule has 0 unspecified atom stereocenters. The Balaban J connectivity index is 1.83. The molecule has 94 valence electrons. The standard InChI is InChI=1S/C14H16N2O2/c17-13-11-3-1-2-4-12(11)16(14(13)18)9-10-5-7-15-8-6-10/h1-4,10,15H,5-9H2. The first-order chi connectivity index (χ1) is 8.77. The molecule has 4 nitrogen and oxygen atoms in total. The van der Waals surface area contributed by atoms with Crippen molar-refractivity contribution in [1.29, 1.82) is 0 Å². The van der Waals surface area contributed by atoms with Crippen LogP contribution in [0.5, 0.6) is 0 Å². The van der Waals surface area contributed by atoms with Crippen molar-refractivity contribution in [3.05, 3.63) is 29.8 Å². The zero-order chi connectivity index (χ0) is 12.5. The molecule has 0 aliphatic carbocycles. The number of Topliss-reactive ketones (excluding diaryl/α,β-unsaturated/α-hetero) is 1. The Kier molecular flexibility index (Phi) is 2.88. The third kappa shape index (κ3) is 1.82. The second kappa shape index (κ2) is 4.53. The van der Waals surface area contributed by atoms with E-state index in [9.17, 15) is 9.59 Å². The highest BCUT2D eigenvalue weighted by molar-refractivity contribution is 6.52. The molecule has 0 bridgehead atoms. The topological polar surface area (TPSA) is 49.4 Å². The van der Waals surface area contributed by atoms with Gasteiger partial charge in [0.2, 0.25) is 0 Å². The number of benzene rings is 1. The fraction of sp³-hybridized carbons (Fsp3) is 0.429. The third-order valence-electron chi connectivity index (χ3n) is 3.78. The molecular weight excluding hydrogens is 228 g/mol. The summed E-state index contributed by atoms with van der Waals surface area (Å²) in [4.78, 5) is 25.5. The van der Waals surface area contributed by atoms with Gasteiger partial charge < -0.3 is 10.2 Å². The van der Waals surface area contributed by atoms with Crippen molar-refractivity contribution in [3.8, 4) is 0 Å². The molecule has 0 aromatic heterocycles. The van der Waals surface area contributed by atoms with Gasteiger partial charge in [0, 0.05) is 6.54 Å². The van der Waals surface area contributed by atoms with Crippen molar-refractivity contribution in [2.45, 2.75) is 12.8 Å². The van der Waals surface area contributed by atoms with E-state index >= 15 is 0 Å². The Morgan fingerprint density at radius 3 is 2.67 bits per heavy atom. The number of hydrogen-bond acceptors (Lipinski definition) is 3. The van der Waals surface area contributed by atoms with Gasteiger partial charge in [0.05, 0.1) is 11.3 Å². The van der Waals surface area contributed by atoms with Crippen LogP contribution in [0.25, 0.3) is 0 Å². The minimum Gasteiger partial charge on any atom is -0.317 e. The molecule has 2 aliphatic rings. The molecule has 2 aliphatic heterocycles. The Labute approximate surface area is 106 Å². The number of fused-ring (bicyclic) bond motifs is 1. The maximum Gasteiger partial charge on any atom is 0.299 e. The van der Waals surface area contributed by atoms with E-state index in [1.165, 1.54) is 0 Å². The molecule has 0 radical (unpaired) electrons. The number of ketones is 1. The van der Waals surface area contributed by atoms with E-state index in [0.717, 1.165) is 31.6 Å². The van der Waals surface area contributed by atoms with Crippen LogP contribution in [0.3, 0.4) is 0 Å². The van der Waals surface area contributed by atoms with Gasteiger partial charge in [-0.2, -0.15) is 0 Å². The molecule has 0 saturated carbocycles. The van der Waals surface area contributed by atoms with Crippen molar-refractivity contribution in [2.75, 3.05) is 24.5 Å². The molecule has 1 aromatic carbocycles. The lowest BCUT2D eigenvalue weighted by Crippen LogP contribution is -2.38. The molecule has 0 spiro atoms. The van der Waals surface area contributed by atoms with Gasteiger partial charge in [-0.3, -0.25) is 9.59 Å². The second-order valence-corrected chi connectivity index (χ2v) is 4.96. The second-order valence-electron chi connectivity index (χ2n) is 4.96. The lowest BCUT2D eigenvalue weighted by molar-refractivity contribution is -0.114. The molecule has 1 saturated heterocycles. The lowest BCUT2D eigenvalue weighted by Gasteiger charge is -2.27. The summed E-state index contributed by atoms with van der Waals surface area (Å²) >= 11 is 0. The molecule has 18 heavy (non-hydrogen) atoms. The van der Waals surface area contributed by atoms with Crippen LogP contribution in [-0.2, 0) is 4.79 Å². The van der Waals surface area contributed by atoms with E-state index < -0.39 is 0 Å². The molecule has 1 N–H and O–H groups in total. The highest BCUT2D eigenvalue weighted by atomic mass is 16.2. The largest absolute Gasteiger partial charge is 0.317 e. The summed E-state index contributed by atoms with van der Waals surface area (Å²) in [6.07, 6.45) is 2.14. The van der Waals surface area contributed by atoms with Crippen molar-refractivity contribution < 1.29 is 9.59 Å². The first-order valence-corrected chi connectivity index (χ1v) is 6.43. The summed E-state index contributed by atoms with van der Waals surface area (Å²) in [5.41, 5.74) is 1.34. The monoisotopic (exact) mass is 244 g/mol. The summed E-state index contributed by atoms with van der Waals surface area (Å²) in [7, 11) is 0. The number of amides is 1. The van der Waals surface area contributed by atoms with Gasteiger partial charge in [0.25, 0.3) is 11.7 Å². The van der Waals surface area contributed by atoms with Gasteiger partial charge in [-0.1, -0.05) is 12.1 Å². The third-order valence-corrected chi connectivity index (χ3v) is 3.78. The molecule has 1 fully saturated rings. The first kappa shape index (κ1) is 11.4. The van der Waals surface area contributed by atoms with E-state index in [-0.39, 0.29) is 11.7 Å². The highest BCUT2D eigenvalue weighted by Gasteiger charge is 2.36. The molecule has 0 atom stereocenters. The van der Waals surface area contributed by atoms with Gasteiger partial charge in [-0.15, -0.1) is 0 Å². The summed E-state index contributed by atoms with van der Waals surface area (Å²) in [6, 6.07) is 7.27. The zero-order valence-electron chi connectivity index (χ0n) is 10.2. The van der Waals surface area contributed by atoms with Crippen LogP contribution >= 0.6 is 0 Å². The minimum atomic E-state index is -0.366. The maximum atomic E-state index is 12.0. The van der Waals surface area contributed by atoms with Crippen LogP contribution in [0.15, 0.2) is 24.3 Å². The lowest BCUT2D eigenvalue weighted by atomic mass is 9.97. The number of hydrogen-bond donors (Lipinski definition) is 1. The van der Waals surface area contributed by atoms with Crippen LogP contribution in [0.2, 0.25) is 0 Å². The molecule has 2 heterocycles. The van der Waals surface area contributed by atoms with Gasteiger partial charge in [-0.05, 0) is 44.0 Å². The SMILES string of the molecule is O=C1C(=O)N(CC2CCNCC2)c2ccccc21. The average Bonchev–Trinajstić information content (AvgIpc) is 2.66. The van der Waals surface area contributed by atoms with Crippen molar-refractivity contribution in [2.24, 2.45) is 5.92 Å². The van der Waals surface area contributed by atoms with Gasteiger partial charge in [0.1, 0.15) is 0 Å². The van der Waals surface area contributed by atoms with Crippen LogP contribution in [0, 0.1) is 5.92 Å². The van der Waals surface area contributed by atoms with Crippen molar-refractivity contribution in [3.63, 3.8) is 0 Å². The maximum absolute atomic E-state index is 12.0. The van der Waals surface area contributed by atoms with Crippen LogP contribution < -0.4 is 10.2 Å². The number of piperidine rings is 1. The number of anilines is 1. The minimum absolute atomic E-state index is 0.362. The van der Waals surface area contributed by atoms with E-state index in [0.29, 0.717) is 18.0 Å². The predicted molar refractivity (Wildman–Crippen MR) is 68.7 cm³/mol. The number of para-hydroxylation sites is 1. The van der Waals surface area contributed by atoms with Gasteiger partial charge in [0.15, 0.2) is 0 Å². The Bertz CT molecular complexity index is 492. The van der Waals surface area contributed by atoms with E-state index in [4.69, 9.17) is 0 Å². The van der Waals surface area contributed by atoms with Gasteiger partial charge >= 0.3 is 0 Å². The quantitative estimate of drug-likeness (QED) is 0.796. The summed E-state index contributed by atoms with van der Waals surface area (Å²) in [5.74, 6) is -0.233. The Morgan fingerprint density at radius 2 is 1.89 bits per heavy atom. The Morgan fingerprint density at radius 1 is 1.17 bits per heavy atom. The molecule has 3 rings (SSSR count). The highest BCUT2D eigenvalue weighted by Crippen LogP contribution is 2.30. The molecule has 1 aromatic rings. The number of nitrogens with zero attached hydrogens (tertiary/aromatic N) is 1. The normalized spacial score (nSPS) is 20.3. The number of carbonyl (C=O) groups excluding carboxylic acids is 2. The fourth-order valence-electron chi connectivity index (χ4n) is 2.75.